The molecule has 0 aromatic carbocycles. The molecule has 14 nitrogen and oxygen atoms in total. The van der Waals surface area contributed by atoms with E-state index in [1.54, 1.807) is 0 Å². The quantitative estimate of drug-likeness (QED) is 0.226. The Kier molecular flexibility index (Phi) is 9.57. The van der Waals surface area contributed by atoms with Crippen LogP contribution >= 0.6 is 0 Å². The smallest absolute Gasteiger partial charge is 0.463 e. The van der Waals surface area contributed by atoms with E-state index in [0.717, 1.165) is 20.8 Å². The van der Waals surface area contributed by atoms with Crippen LogP contribution in [0.4, 0.5) is 0 Å². The number of carbonyl (C=O) groups is 4. The van der Waals surface area contributed by atoms with E-state index < -0.39 is 63.6 Å². The molecule has 4 aliphatic rings. The molecule has 0 saturated carbocycles. The number of esters is 4. The lowest BCUT2D eigenvalue weighted by molar-refractivity contribution is -0.303. The molecule has 15 heteroatoms. The highest BCUT2D eigenvalue weighted by Gasteiger charge is 2.58. The SMILES string of the molecule is CC(=O)OC[C@H]1O[C@@H](O[Si]23OCCN(CCO2)CCO3)[C@H](OC(C)=O)[C@@H](OC(C)=O)[C@@H]1OC(C)=O. The monoisotopic (exact) mass is 521 g/mol. The Morgan fingerprint density at radius 1 is 0.743 bits per heavy atom. The van der Waals surface area contributed by atoms with Crippen molar-refractivity contribution in [2.24, 2.45) is 0 Å². The van der Waals surface area contributed by atoms with Gasteiger partial charge >= 0.3 is 32.9 Å². The zero-order valence-electron chi connectivity index (χ0n) is 20.1. The summed E-state index contributed by atoms with van der Waals surface area (Å²) in [6, 6.07) is 0. The average molecular weight is 522 g/mol. The van der Waals surface area contributed by atoms with Crippen molar-refractivity contribution in [2.75, 3.05) is 46.1 Å². The van der Waals surface area contributed by atoms with Gasteiger partial charge in [0.25, 0.3) is 0 Å². The highest BCUT2D eigenvalue weighted by atomic mass is 28.4. The zero-order valence-corrected chi connectivity index (χ0v) is 21.1. The van der Waals surface area contributed by atoms with Crippen LogP contribution in [-0.2, 0) is 60.6 Å². The van der Waals surface area contributed by atoms with E-state index in [1.807, 2.05) is 0 Å². The second kappa shape index (κ2) is 12.2. The summed E-state index contributed by atoms with van der Waals surface area (Å²) in [6.45, 7) is 6.96. The molecule has 0 aliphatic carbocycles. The van der Waals surface area contributed by atoms with Gasteiger partial charge in [0.05, 0.1) is 19.8 Å². The molecule has 0 N–H and O–H groups in total. The summed E-state index contributed by atoms with van der Waals surface area (Å²) < 4.78 is 50.9. The number of fused-ring (bicyclic) bond motifs is 6. The third-order valence-corrected chi connectivity index (χ3v) is 7.46. The van der Waals surface area contributed by atoms with E-state index in [1.165, 1.54) is 6.92 Å². The Morgan fingerprint density at radius 3 is 1.71 bits per heavy atom. The summed E-state index contributed by atoms with van der Waals surface area (Å²) in [7, 11) is -3.80. The van der Waals surface area contributed by atoms with Gasteiger partial charge in [0.1, 0.15) is 12.7 Å². The molecule has 4 aliphatic heterocycles. The molecule has 4 fully saturated rings. The Bertz CT molecular complexity index is 768. The van der Waals surface area contributed by atoms with Gasteiger partial charge in [0.2, 0.25) is 0 Å². The Labute approximate surface area is 203 Å². The average Bonchev–Trinajstić information content (AvgIpc) is 2.70. The summed E-state index contributed by atoms with van der Waals surface area (Å²) in [5.74, 6) is -2.83. The fourth-order valence-electron chi connectivity index (χ4n) is 3.89. The van der Waals surface area contributed by atoms with E-state index in [4.69, 9.17) is 41.4 Å². The molecule has 5 atom stereocenters. The minimum absolute atomic E-state index is 0.261. The van der Waals surface area contributed by atoms with Crippen LogP contribution in [0.1, 0.15) is 27.7 Å². The van der Waals surface area contributed by atoms with Crippen LogP contribution in [0.2, 0.25) is 0 Å². The van der Waals surface area contributed by atoms with Gasteiger partial charge in [-0.2, -0.15) is 0 Å². The topological polar surface area (TPSA) is 155 Å². The minimum atomic E-state index is -3.80. The van der Waals surface area contributed by atoms with Crippen LogP contribution in [0, 0.1) is 0 Å². The molecule has 0 aromatic rings. The number of carbonyl (C=O) groups excluding carboxylic acids is 4. The largest absolute Gasteiger partial charge is 0.681 e. The molecule has 4 saturated heterocycles. The van der Waals surface area contributed by atoms with Crippen molar-refractivity contribution in [2.45, 2.75) is 58.4 Å². The highest BCUT2D eigenvalue weighted by Crippen LogP contribution is 2.32. The second-order valence-corrected chi connectivity index (χ2v) is 10.2. The number of hydrogen-bond acceptors (Lipinski definition) is 14. The fraction of sp³-hybridized carbons (Fsp3) is 0.800. The van der Waals surface area contributed by atoms with E-state index in [0.29, 0.717) is 19.6 Å². The Hall–Kier alpha value is -2.14. The van der Waals surface area contributed by atoms with Gasteiger partial charge in [0.15, 0.2) is 24.6 Å². The summed E-state index contributed by atoms with van der Waals surface area (Å²) in [5.41, 5.74) is 0. The first kappa shape index (κ1) is 27.4. The lowest BCUT2D eigenvalue weighted by Crippen LogP contribution is -2.66. The molecule has 4 heterocycles. The summed E-state index contributed by atoms with van der Waals surface area (Å²) in [6.07, 6.45) is -6.61. The maximum Gasteiger partial charge on any atom is 0.681 e. The predicted octanol–water partition coefficient (Wildman–Crippen LogP) is -1.10. The molecule has 0 unspecified atom stereocenters. The number of ether oxygens (including phenoxy) is 5. The molecule has 35 heavy (non-hydrogen) atoms. The lowest BCUT2D eigenvalue weighted by Gasteiger charge is -2.46. The van der Waals surface area contributed by atoms with Crippen molar-refractivity contribution in [1.82, 2.24) is 4.90 Å². The molecule has 2 bridgehead atoms. The van der Waals surface area contributed by atoms with E-state index in [9.17, 15) is 19.2 Å². The third kappa shape index (κ3) is 7.67. The fourth-order valence-corrected chi connectivity index (χ4v) is 5.84. The lowest BCUT2D eigenvalue weighted by atomic mass is 9.98. The predicted molar refractivity (Wildman–Crippen MR) is 113 cm³/mol. The summed E-state index contributed by atoms with van der Waals surface area (Å²) in [4.78, 5) is 49.4. The number of hydrogen-bond donors (Lipinski definition) is 0. The van der Waals surface area contributed by atoms with Crippen LogP contribution < -0.4 is 0 Å². The normalized spacial score (nSPS) is 35.1. The second-order valence-electron chi connectivity index (χ2n) is 8.07. The van der Waals surface area contributed by atoms with Gasteiger partial charge in [0, 0.05) is 47.3 Å². The zero-order chi connectivity index (χ0) is 25.6. The Morgan fingerprint density at radius 2 is 1.23 bits per heavy atom. The third-order valence-electron chi connectivity index (χ3n) is 5.27. The molecule has 0 aromatic heterocycles. The molecule has 0 amide bonds. The van der Waals surface area contributed by atoms with E-state index in [-0.39, 0.29) is 26.4 Å². The molecule has 198 valence electrons. The van der Waals surface area contributed by atoms with Crippen LogP contribution in [0.3, 0.4) is 0 Å². The highest BCUT2D eigenvalue weighted by molar-refractivity contribution is 6.53. The van der Waals surface area contributed by atoms with Gasteiger partial charge in [-0.25, -0.2) is 0 Å². The minimum Gasteiger partial charge on any atom is -0.463 e. The molecule has 4 rings (SSSR count). The maximum atomic E-state index is 12.0. The van der Waals surface area contributed by atoms with Crippen molar-refractivity contribution < 1.29 is 60.6 Å². The summed E-state index contributed by atoms with van der Waals surface area (Å²) in [5, 5.41) is 0. The van der Waals surface area contributed by atoms with Crippen LogP contribution in [0.5, 0.6) is 0 Å². The number of nitrogens with zero attached hydrogens (tertiary/aromatic N) is 1. The first-order valence-electron chi connectivity index (χ1n) is 11.2. The van der Waals surface area contributed by atoms with E-state index in [2.05, 4.69) is 4.90 Å². The van der Waals surface area contributed by atoms with Gasteiger partial charge in [-0.05, 0) is 0 Å². The molecule has 0 radical (unpaired) electrons. The number of rotatable bonds is 7. The van der Waals surface area contributed by atoms with Crippen LogP contribution in [0.25, 0.3) is 0 Å². The first-order valence-corrected chi connectivity index (χ1v) is 12.8. The van der Waals surface area contributed by atoms with Gasteiger partial charge in [-0.3, -0.25) is 24.1 Å². The molecular formula is C20H31NO13Si. The summed E-state index contributed by atoms with van der Waals surface area (Å²) >= 11 is 0. The molecule has 0 spiro atoms. The van der Waals surface area contributed by atoms with Crippen molar-refractivity contribution in [3.63, 3.8) is 0 Å². The van der Waals surface area contributed by atoms with Crippen molar-refractivity contribution in [1.29, 1.82) is 0 Å². The van der Waals surface area contributed by atoms with Gasteiger partial charge < -0.3 is 41.4 Å². The van der Waals surface area contributed by atoms with Crippen molar-refractivity contribution in [3.05, 3.63) is 0 Å². The molecular weight excluding hydrogens is 490 g/mol. The van der Waals surface area contributed by atoms with Gasteiger partial charge in [-0.1, -0.05) is 0 Å². The maximum absolute atomic E-state index is 12.0. The van der Waals surface area contributed by atoms with Crippen molar-refractivity contribution >= 4 is 32.9 Å². The van der Waals surface area contributed by atoms with Crippen LogP contribution in [-0.4, -0.2) is 115 Å². The van der Waals surface area contributed by atoms with Crippen LogP contribution in [0.15, 0.2) is 0 Å². The Balaban J connectivity index is 1.95. The standard InChI is InChI=1S/C20H31NO13Si/c1-12(22)26-11-16-17(30-13(2)23)18(31-14(3)24)19(32-15(4)25)20(33-16)34-35-27-8-5-21(6-9-28-35)7-10-29-35/h16-20H,5-11H2,1-4H3/t16-,17-,18+,19-,20+/m1/s1. The van der Waals surface area contributed by atoms with E-state index >= 15 is 0 Å². The van der Waals surface area contributed by atoms with Crippen molar-refractivity contribution in [3.8, 4) is 0 Å². The first-order chi connectivity index (χ1) is 16.6. The van der Waals surface area contributed by atoms with Gasteiger partial charge in [-0.15, -0.1) is 0 Å².